The number of rotatable bonds is 5. The Kier molecular flexibility index (Phi) is 4.74. The molecule has 0 saturated heterocycles. The van der Waals surface area contributed by atoms with Gasteiger partial charge in [-0.2, -0.15) is 0 Å². The van der Waals surface area contributed by atoms with Gasteiger partial charge in [0.1, 0.15) is 6.29 Å². The van der Waals surface area contributed by atoms with E-state index in [4.69, 9.17) is 4.99 Å². The molecule has 3 nitrogen and oxygen atoms in total. The van der Waals surface area contributed by atoms with E-state index in [0.717, 1.165) is 47.4 Å². The van der Waals surface area contributed by atoms with Crippen molar-refractivity contribution in [3.05, 3.63) is 70.1 Å². The van der Waals surface area contributed by atoms with Gasteiger partial charge in [-0.1, -0.05) is 30.4 Å². The monoisotopic (exact) mass is 348 g/mol. The summed E-state index contributed by atoms with van der Waals surface area (Å²) >= 11 is 0. The van der Waals surface area contributed by atoms with Crippen molar-refractivity contribution in [2.24, 2.45) is 4.99 Å². The molecule has 1 aliphatic heterocycles. The third-order valence-corrected chi connectivity index (χ3v) is 5.60. The Morgan fingerprint density at radius 1 is 1.27 bits per heavy atom. The van der Waals surface area contributed by atoms with Crippen LogP contribution in [0.15, 0.2) is 58.4 Å². The average molecular weight is 348 g/mol. The van der Waals surface area contributed by atoms with Gasteiger partial charge in [0.2, 0.25) is 0 Å². The topological polar surface area (TPSA) is 32.7 Å². The van der Waals surface area contributed by atoms with E-state index in [-0.39, 0.29) is 0 Å². The second kappa shape index (κ2) is 6.71. The zero-order valence-corrected chi connectivity index (χ0v) is 16.5. The van der Waals surface area contributed by atoms with E-state index in [9.17, 15) is 4.79 Å². The van der Waals surface area contributed by atoms with Gasteiger partial charge in [0, 0.05) is 32.6 Å². The lowest BCUT2D eigenvalue weighted by Gasteiger charge is -2.27. The minimum Gasteiger partial charge on any atom is -0.376 e. The Labute approximate surface area is 156 Å². The predicted octanol–water partition coefficient (Wildman–Crippen LogP) is 4.65. The quantitative estimate of drug-likeness (QED) is 0.573. The van der Waals surface area contributed by atoms with Crippen molar-refractivity contribution in [3.63, 3.8) is 0 Å². The molecule has 26 heavy (non-hydrogen) atoms. The van der Waals surface area contributed by atoms with E-state index in [1.165, 1.54) is 16.7 Å². The Hall–Kier alpha value is -2.42. The fourth-order valence-electron chi connectivity index (χ4n) is 4.14. The molecular formula is C23H28N2O. The number of aliphatic imine (C=N–C) groups is 1. The van der Waals surface area contributed by atoms with Crippen molar-refractivity contribution in [1.29, 1.82) is 0 Å². The highest BCUT2D eigenvalue weighted by molar-refractivity contribution is 6.04. The van der Waals surface area contributed by atoms with Gasteiger partial charge in [0.15, 0.2) is 0 Å². The molecule has 0 saturated carbocycles. The van der Waals surface area contributed by atoms with Crippen LogP contribution in [0.2, 0.25) is 0 Å². The lowest BCUT2D eigenvalue weighted by molar-refractivity contribution is -0.112. The summed E-state index contributed by atoms with van der Waals surface area (Å²) in [4.78, 5) is 19.2. The first-order valence-electron chi connectivity index (χ1n) is 9.14. The van der Waals surface area contributed by atoms with E-state index < -0.39 is 5.41 Å². The van der Waals surface area contributed by atoms with E-state index in [2.05, 4.69) is 49.6 Å². The van der Waals surface area contributed by atoms with Crippen LogP contribution in [0.5, 0.6) is 0 Å². The van der Waals surface area contributed by atoms with Gasteiger partial charge in [-0.25, -0.2) is 0 Å². The Morgan fingerprint density at radius 3 is 2.58 bits per heavy atom. The number of hydrogen-bond acceptors (Lipinski definition) is 3. The number of aryl methyl sites for hydroxylation is 1. The minimum absolute atomic E-state index is 0.452. The van der Waals surface area contributed by atoms with Gasteiger partial charge in [0.05, 0.1) is 16.8 Å². The van der Waals surface area contributed by atoms with Gasteiger partial charge in [-0.15, -0.1) is 0 Å². The summed E-state index contributed by atoms with van der Waals surface area (Å²) in [5.41, 5.74) is 8.78. The predicted molar refractivity (Wildman–Crippen MR) is 109 cm³/mol. The summed E-state index contributed by atoms with van der Waals surface area (Å²) in [6, 6.07) is 6.27. The van der Waals surface area contributed by atoms with Crippen LogP contribution < -0.4 is 0 Å². The van der Waals surface area contributed by atoms with Crippen molar-refractivity contribution in [2.45, 2.75) is 45.4 Å². The molecule has 0 N–H and O–H groups in total. The van der Waals surface area contributed by atoms with Crippen molar-refractivity contribution in [1.82, 2.24) is 4.90 Å². The number of nitrogens with zero attached hydrogens (tertiary/aromatic N) is 2. The van der Waals surface area contributed by atoms with Crippen molar-refractivity contribution in [3.8, 4) is 0 Å². The summed E-state index contributed by atoms with van der Waals surface area (Å²) in [5.74, 6) is 0. The maximum absolute atomic E-state index is 12.2. The van der Waals surface area contributed by atoms with Gasteiger partial charge in [0.25, 0.3) is 0 Å². The minimum atomic E-state index is -0.452. The smallest absolute Gasteiger partial charge is 0.131 e. The lowest BCUT2D eigenvalue weighted by atomic mass is 9.75. The summed E-state index contributed by atoms with van der Waals surface area (Å²) in [7, 11) is 4.07. The van der Waals surface area contributed by atoms with Crippen LogP contribution in [-0.2, 0) is 10.2 Å². The molecule has 136 valence electrons. The normalized spacial score (nSPS) is 22.3. The fraction of sp³-hybridized carbons (Fsp3) is 0.391. The van der Waals surface area contributed by atoms with Crippen LogP contribution in [0.4, 0.5) is 0 Å². The molecule has 0 fully saturated rings. The molecule has 2 aliphatic rings. The summed E-state index contributed by atoms with van der Waals surface area (Å²) < 4.78 is 0. The average Bonchev–Trinajstić information content (AvgIpc) is 3.11. The molecule has 1 atom stereocenters. The Morgan fingerprint density at radius 2 is 2.00 bits per heavy atom. The van der Waals surface area contributed by atoms with Crippen LogP contribution in [0.3, 0.4) is 0 Å². The molecule has 1 aromatic rings. The molecule has 0 amide bonds. The molecule has 1 aliphatic carbocycles. The van der Waals surface area contributed by atoms with E-state index in [1.807, 2.05) is 21.0 Å². The largest absolute Gasteiger partial charge is 0.376 e. The van der Waals surface area contributed by atoms with Gasteiger partial charge < -0.3 is 9.69 Å². The zero-order chi connectivity index (χ0) is 19.1. The third-order valence-electron chi connectivity index (χ3n) is 5.60. The third kappa shape index (κ3) is 3.07. The van der Waals surface area contributed by atoms with Crippen molar-refractivity contribution < 1.29 is 4.79 Å². The van der Waals surface area contributed by atoms with Gasteiger partial charge in [-0.3, -0.25) is 4.99 Å². The fourth-order valence-corrected chi connectivity index (χ4v) is 4.14. The molecule has 3 rings (SSSR count). The van der Waals surface area contributed by atoms with Crippen molar-refractivity contribution >= 4 is 12.0 Å². The molecule has 1 heterocycles. The first-order chi connectivity index (χ1) is 12.3. The molecular weight excluding hydrogens is 320 g/mol. The Balaban J connectivity index is 1.93. The van der Waals surface area contributed by atoms with Crippen LogP contribution in [0.25, 0.3) is 0 Å². The van der Waals surface area contributed by atoms with Gasteiger partial charge in [-0.05, 0) is 55.5 Å². The molecule has 0 aromatic heterocycles. The van der Waals surface area contributed by atoms with E-state index >= 15 is 0 Å². The first-order valence-corrected chi connectivity index (χ1v) is 9.14. The van der Waals surface area contributed by atoms with E-state index in [1.54, 1.807) is 0 Å². The standard InChI is InChI=1S/C23H28N2O/c1-15(2)10-22(25(5)6)20-11-18-12-23(14-26,13-21(18)24-20)19-9-7-8-16(3)17(19)4/h7-10,14H,1,11-13H2,2-6H3/b22-10-/t23-/m1/s1. The number of carbonyl (C=O) groups excluding carboxylic acids is 1. The van der Waals surface area contributed by atoms with Crippen LogP contribution >= 0.6 is 0 Å². The maximum atomic E-state index is 12.2. The molecule has 0 unspecified atom stereocenters. The highest BCUT2D eigenvalue weighted by atomic mass is 16.1. The highest BCUT2D eigenvalue weighted by Gasteiger charge is 2.43. The highest BCUT2D eigenvalue weighted by Crippen LogP contribution is 2.48. The number of carbonyl (C=O) groups is 1. The van der Waals surface area contributed by atoms with Crippen LogP contribution in [-0.4, -0.2) is 31.0 Å². The molecule has 1 aromatic carbocycles. The summed E-state index contributed by atoms with van der Waals surface area (Å²) in [6.45, 7) is 10.2. The summed E-state index contributed by atoms with van der Waals surface area (Å²) in [5, 5.41) is 0. The van der Waals surface area contributed by atoms with Crippen LogP contribution in [0.1, 0.15) is 42.9 Å². The SMILES string of the molecule is C=C(C)/C=C(/C1=NC2=C(C1)C[C@@](C=O)(c1cccc(C)c1C)C2)N(C)C. The molecule has 0 radical (unpaired) electrons. The van der Waals surface area contributed by atoms with Gasteiger partial charge >= 0.3 is 0 Å². The van der Waals surface area contributed by atoms with E-state index in [0.29, 0.717) is 6.42 Å². The summed E-state index contributed by atoms with van der Waals surface area (Å²) in [6.07, 6.45) is 5.54. The molecule has 3 heteroatoms. The number of allylic oxidation sites excluding steroid dienone is 5. The second-order valence-corrected chi connectivity index (χ2v) is 7.93. The Bertz CT molecular complexity index is 870. The second-order valence-electron chi connectivity index (χ2n) is 7.93. The van der Waals surface area contributed by atoms with Crippen molar-refractivity contribution in [2.75, 3.05) is 14.1 Å². The maximum Gasteiger partial charge on any atom is 0.131 e. The lowest BCUT2D eigenvalue weighted by Crippen LogP contribution is -2.28. The molecule has 0 bridgehead atoms. The molecule has 0 spiro atoms. The number of hydrogen-bond donors (Lipinski definition) is 0. The van der Waals surface area contributed by atoms with Crippen LogP contribution in [0, 0.1) is 13.8 Å². The number of aldehydes is 1. The zero-order valence-electron chi connectivity index (χ0n) is 16.5. The number of benzene rings is 1. The first kappa shape index (κ1) is 18.4.